The van der Waals surface area contributed by atoms with Crippen molar-refractivity contribution in [3.63, 3.8) is 0 Å². The van der Waals surface area contributed by atoms with Crippen molar-refractivity contribution >= 4 is 80.2 Å². The largest absolute Gasteiger partial charge is 1.00 e. The number of hydrogen-bond acceptors (Lipinski definition) is 0. The molecule has 0 nitrogen and oxygen atoms in total. The van der Waals surface area contributed by atoms with Crippen LogP contribution in [0.15, 0.2) is 231 Å². The van der Waals surface area contributed by atoms with E-state index in [0.717, 1.165) is 21.9 Å². The van der Waals surface area contributed by atoms with Crippen molar-refractivity contribution in [3.05, 3.63) is 254 Å². The zero-order valence-electron chi connectivity index (χ0n) is 35.0. The molecular weight excluding hydrogens is 986 g/mol. The number of hydrogen-bond donors (Lipinski definition) is 0. The Morgan fingerprint density at radius 2 is 0.587 bits per heavy atom. The molecule has 0 saturated heterocycles. The van der Waals surface area contributed by atoms with Gasteiger partial charge >= 0.3 is 44.8 Å². The SMILES string of the molecule is CC(C)([PH+](c1ccccc1)c1ccccc1)[PH+](c1ccccc1)c1ccccc1.[Ag+].[Ag+].[C-]#Cc1ccc2c(ccc3ccccc32)c1.[C-]#Cc1ccc2c(ccc3ccccc32)c1. The Hall–Kier alpha value is -5.30. The Bertz CT molecular complexity index is 2840. The second-order valence-electron chi connectivity index (χ2n) is 15.5. The van der Waals surface area contributed by atoms with Crippen LogP contribution in [-0.4, -0.2) is 4.90 Å². The maximum atomic E-state index is 7.13. The van der Waals surface area contributed by atoms with Crippen molar-refractivity contribution in [1.82, 2.24) is 0 Å². The van der Waals surface area contributed by atoms with Crippen molar-refractivity contribution in [2.24, 2.45) is 0 Å². The monoisotopic (exact) mass is 1030 g/mol. The second-order valence-corrected chi connectivity index (χ2v) is 22.3. The fraction of sp³-hybridized carbons (Fsp3) is 0.0508. The topological polar surface area (TPSA) is 0 Å². The van der Waals surface area contributed by atoms with Crippen LogP contribution in [0.4, 0.5) is 0 Å². The molecule has 0 aliphatic carbocycles. The standard InChI is InChI=1S/C27H26P2.2C16H9.2Ag/c1-27(2,28(23-15-7-3-8-16-23)24-17-9-4-10-18-24)29(25-19-11-5-12-20-25)26-21-13-6-14-22-26;2*1-2-12-7-10-16-14(11-12)9-8-13-5-3-4-6-15(13)16;;/h3-22H,1-2H3;2*3-11H;;/q;2*-1;2*+1/p+2. The van der Waals surface area contributed by atoms with E-state index in [2.05, 4.69) is 220 Å². The molecule has 0 unspecified atom stereocenters. The molecule has 0 heterocycles. The van der Waals surface area contributed by atoms with Crippen LogP contribution in [0.25, 0.3) is 43.1 Å². The van der Waals surface area contributed by atoms with Crippen LogP contribution in [0, 0.1) is 24.7 Å². The van der Waals surface area contributed by atoms with Gasteiger partial charge in [-0.3, -0.25) is 11.8 Å². The quantitative estimate of drug-likeness (QED) is 0.0512. The Balaban J connectivity index is 0.000000166. The summed E-state index contributed by atoms with van der Waals surface area (Å²) in [5, 5.41) is 15.8. The Morgan fingerprint density at radius 3 is 0.905 bits per heavy atom. The summed E-state index contributed by atoms with van der Waals surface area (Å²) >= 11 is 0. The third kappa shape index (κ3) is 10.9. The molecule has 0 fully saturated rings. The van der Waals surface area contributed by atoms with Crippen molar-refractivity contribution in [3.8, 4) is 11.8 Å². The maximum Gasteiger partial charge on any atom is 1.00 e. The zero-order valence-corrected chi connectivity index (χ0v) is 40.0. The van der Waals surface area contributed by atoms with Gasteiger partial charge in [0.25, 0.3) is 0 Å². The molecule has 0 saturated carbocycles. The van der Waals surface area contributed by atoms with E-state index in [9.17, 15) is 0 Å². The predicted octanol–water partition coefficient (Wildman–Crippen LogP) is 13.3. The molecule has 0 spiro atoms. The third-order valence-electron chi connectivity index (χ3n) is 11.3. The van der Waals surface area contributed by atoms with Gasteiger partial charge in [0.1, 0.15) is 37.1 Å². The van der Waals surface area contributed by atoms with Gasteiger partial charge in [0.2, 0.25) is 0 Å². The minimum Gasteiger partial charge on any atom is -0.366 e. The van der Waals surface area contributed by atoms with E-state index >= 15 is 0 Å². The smallest absolute Gasteiger partial charge is 0.366 e. The molecule has 0 bridgehead atoms. The normalized spacial score (nSPS) is 10.7. The molecule has 10 rings (SSSR count). The summed E-state index contributed by atoms with van der Waals surface area (Å²) in [5.41, 5.74) is 1.64. The summed E-state index contributed by atoms with van der Waals surface area (Å²) in [7, 11) is -2.05. The first kappa shape index (κ1) is 47.2. The Morgan fingerprint density at radius 1 is 0.317 bits per heavy atom. The van der Waals surface area contributed by atoms with Gasteiger partial charge in [-0.15, -0.1) is 35.4 Å². The molecule has 0 aromatic heterocycles. The first-order chi connectivity index (χ1) is 29.9. The summed E-state index contributed by atoms with van der Waals surface area (Å²) in [6, 6.07) is 81.8. The fourth-order valence-electron chi connectivity index (χ4n) is 8.50. The molecule has 10 aromatic carbocycles. The van der Waals surface area contributed by atoms with Gasteiger partial charge in [0.15, 0.2) is 4.90 Å². The van der Waals surface area contributed by atoms with E-state index in [-0.39, 0.29) is 49.7 Å². The first-order valence-electron chi connectivity index (χ1n) is 20.6. The maximum absolute atomic E-state index is 7.13. The predicted molar refractivity (Wildman–Crippen MR) is 270 cm³/mol. The summed E-state index contributed by atoms with van der Waals surface area (Å²) in [6.45, 7) is 5.02. The van der Waals surface area contributed by atoms with Gasteiger partial charge in [-0.2, -0.15) is 0 Å². The van der Waals surface area contributed by atoms with E-state index in [1.807, 2.05) is 36.4 Å². The third-order valence-corrected chi connectivity index (χ3v) is 18.9. The molecule has 0 radical (unpaired) electrons. The van der Waals surface area contributed by atoms with Crippen LogP contribution >= 0.6 is 15.8 Å². The average Bonchev–Trinajstić information content (AvgIpc) is 3.33. The average molecular weight is 1030 g/mol. The zero-order chi connectivity index (χ0) is 42.0. The molecule has 4 heteroatoms. The molecular formula is C59H46Ag2P2+2. The number of benzene rings is 10. The molecule has 0 aliphatic heterocycles. The summed E-state index contributed by atoms with van der Waals surface area (Å²) in [6.07, 6.45) is 14.3. The number of fused-ring (bicyclic) bond motifs is 6. The Kier molecular flexibility index (Phi) is 16.7. The molecule has 63 heavy (non-hydrogen) atoms. The van der Waals surface area contributed by atoms with Gasteiger partial charge in [-0.25, -0.2) is 0 Å². The van der Waals surface area contributed by atoms with Crippen molar-refractivity contribution in [1.29, 1.82) is 0 Å². The second kappa shape index (κ2) is 22.4. The van der Waals surface area contributed by atoms with Crippen LogP contribution in [-0.2, 0) is 44.8 Å². The molecule has 312 valence electrons. The van der Waals surface area contributed by atoms with Gasteiger partial charge in [0, 0.05) is 13.8 Å². The van der Waals surface area contributed by atoms with E-state index in [1.54, 1.807) is 0 Å². The summed E-state index contributed by atoms with van der Waals surface area (Å²) in [5.74, 6) is 4.83. The van der Waals surface area contributed by atoms with E-state index in [1.165, 1.54) is 53.5 Å². The van der Waals surface area contributed by atoms with Gasteiger partial charge in [0.05, 0.1) is 0 Å². The molecule has 0 N–H and O–H groups in total. The van der Waals surface area contributed by atoms with E-state index in [4.69, 9.17) is 12.8 Å². The molecule has 10 aromatic rings. The van der Waals surface area contributed by atoms with Crippen molar-refractivity contribution < 1.29 is 44.8 Å². The van der Waals surface area contributed by atoms with E-state index in [0.29, 0.717) is 0 Å². The Labute approximate surface area is 406 Å². The number of rotatable bonds is 6. The molecule has 0 atom stereocenters. The van der Waals surface area contributed by atoms with Gasteiger partial charge < -0.3 is 12.8 Å². The summed E-state index contributed by atoms with van der Waals surface area (Å²) in [4.78, 5) is 0.154. The fourth-order valence-corrected chi connectivity index (χ4v) is 16.9. The molecule has 0 aliphatic rings. The van der Waals surface area contributed by atoms with Crippen LogP contribution in [0.1, 0.15) is 25.0 Å². The van der Waals surface area contributed by atoms with Gasteiger partial charge in [-0.1, -0.05) is 158 Å². The minimum absolute atomic E-state index is 0. The molecule has 0 amide bonds. The van der Waals surface area contributed by atoms with Crippen molar-refractivity contribution in [2.75, 3.05) is 0 Å². The first-order valence-corrected chi connectivity index (χ1v) is 23.6. The van der Waals surface area contributed by atoms with Crippen molar-refractivity contribution in [2.45, 2.75) is 18.7 Å². The summed E-state index contributed by atoms with van der Waals surface area (Å²) < 4.78 is 0. The van der Waals surface area contributed by atoms with Crippen LogP contribution in [0.5, 0.6) is 0 Å². The van der Waals surface area contributed by atoms with Crippen LogP contribution < -0.4 is 21.2 Å². The van der Waals surface area contributed by atoms with Crippen LogP contribution in [0.3, 0.4) is 0 Å². The van der Waals surface area contributed by atoms with E-state index < -0.39 is 15.8 Å². The van der Waals surface area contributed by atoms with Crippen LogP contribution in [0.2, 0.25) is 0 Å². The minimum atomic E-state index is -1.02. The van der Waals surface area contributed by atoms with Gasteiger partial charge in [-0.05, 0) is 91.6 Å².